The maximum Gasteiger partial charge on any atom is 0.241 e. The molecule has 0 bridgehead atoms. The molecular weight excluding hydrogens is 304 g/mol. The summed E-state index contributed by atoms with van der Waals surface area (Å²) in [6.07, 6.45) is 3.49. The van der Waals surface area contributed by atoms with E-state index in [0.29, 0.717) is 5.92 Å². The summed E-state index contributed by atoms with van der Waals surface area (Å²) < 4.78 is 3.29. The molecule has 2 aliphatic rings. The zero-order valence-corrected chi connectivity index (χ0v) is 15.1. The Morgan fingerprint density at radius 1 is 1.22 bits per heavy atom. The minimum atomic E-state index is -0.620. The van der Waals surface area contributed by atoms with Gasteiger partial charge in [-0.3, -0.25) is 4.79 Å². The number of allylic oxidation sites excluding steroid dienone is 1. The third kappa shape index (κ3) is 3.64. The van der Waals surface area contributed by atoms with E-state index in [0.717, 1.165) is 16.7 Å². The topological polar surface area (TPSA) is 41.1 Å². The Morgan fingerprint density at radius 2 is 1.91 bits per heavy atom. The van der Waals surface area contributed by atoms with E-state index in [4.69, 9.17) is 0 Å². The van der Waals surface area contributed by atoms with Crippen LogP contribution in [0.15, 0.2) is 46.9 Å². The summed E-state index contributed by atoms with van der Waals surface area (Å²) in [5.74, 6) is 2.06. The molecule has 0 aliphatic heterocycles. The van der Waals surface area contributed by atoms with Gasteiger partial charge in [0.2, 0.25) is 5.91 Å². The molecule has 2 N–H and O–H groups in total. The molecule has 0 saturated heterocycles. The Balaban J connectivity index is 1.58. The smallest absolute Gasteiger partial charge is 0.241 e. The fourth-order valence-corrected chi connectivity index (χ4v) is 4.02. The van der Waals surface area contributed by atoms with Gasteiger partial charge in [0.25, 0.3) is 0 Å². The average molecular weight is 330 g/mol. The van der Waals surface area contributed by atoms with Crippen LogP contribution < -0.4 is 10.0 Å². The summed E-state index contributed by atoms with van der Waals surface area (Å²) in [4.78, 5) is 13.8. The zero-order valence-electron chi connectivity index (χ0n) is 14.3. The molecule has 23 heavy (non-hydrogen) atoms. The summed E-state index contributed by atoms with van der Waals surface area (Å²) in [7, 11) is 0. The minimum Gasteiger partial charge on any atom is -0.348 e. The highest BCUT2D eigenvalue weighted by atomic mass is 32.2. The van der Waals surface area contributed by atoms with E-state index in [1.807, 2.05) is 44.2 Å². The Morgan fingerprint density at radius 3 is 2.61 bits per heavy atom. The van der Waals surface area contributed by atoms with Crippen molar-refractivity contribution in [1.29, 1.82) is 0 Å². The van der Waals surface area contributed by atoms with Crippen molar-refractivity contribution in [3.8, 4) is 0 Å². The summed E-state index contributed by atoms with van der Waals surface area (Å²) in [6.45, 7) is 8.39. The highest BCUT2D eigenvalue weighted by molar-refractivity contribution is 7.97. The van der Waals surface area contributed by atoms with Crippen LogP contribution >= 0.6 is 11.9 Å². The maximum atomic E-state index is 12.7. The largest absolute Gasteiger partial charge is 0.348 e. The highest BCUT2D eigenvalue weighted by Gasteiger charge is 2.45. The molecule has 3 rings (SSSR count). The molecule has 1 saturated carbocycles. The average Bonchev–Trinajstić information content (AvgIpc) is 3.15. The molecule has 4 heteroatoms. The van der Waals surface area contributed by atoms with Crippen molar-refractivity contribution in [2.45, 2.75) is 50.6 Å². The number of carbonyl (C=O) groups is 1. The predicted octanol–water partition coefficient (Wildman–Crippen LogP) is 3.78. The first-order chi connectivity index (χ1) is 10.9. The van der Waals surface area contributed by atoms with E-state index in [1.54, 1.807) is 0 Å². The van der Waals surface area contributed by atoms with Crippen molar-refractivity contribution < 1.29 is 4.79 Å². The molecule has 1 fully saturated rings. The Hall–Kier alpha value is -1.26. The predicted molar refractivity (Wildman–Crippen MR) is 96.0 cm³/mol. The monoisotopic (exact) mass is 330 g/mol. The molecule has 1 aromatic rings. The van der Waals surface area contributed by atoms with Gasteiger partial charge in [-0.2, -0.15) is 0 Å². The number of amides is 1. The summed E-state index contributed by atoms with van der Waals surface area (Å²) in [5, 5.41) is 3.23. The van der Waals surface area contributed by atoms with Gasteiger partial charge >= 0.3 is 0 Å². The summed E-state index contributed by atoms with van der Waals surface area (Å²) in [6, 6.07) is 10.2. The van der Waals surface area contributed by atoms with Crippen LogP contribution in [0.5, 0.6) is 0 Å². The molecule has 0 radical (unpaired) electrons. The van der Waals surface area contributed by atoms with Crippen LogP contribution in [0.4, 0.5) is 0 Å². The lowest BCUT2D eigenvalue weighted by molar-refractivity contribution is -0.126. The second-order valence-corrected chi connectivity index (χ2v) is 8.30. The van der Waals surface area contributed by atoms with Crippen molar-refractivity contribution in [2.24, 2.45) is 17.8 Å². The Kier molecular flexibility index (Phi) is 4.56. The van der Waals surface area contributed by atoms with Crippen LogP contribution in [-0.2, 0) is 4.79 Å². The van der Waals surface area contributed by atoms with E-state index in [1.165, 1.54) is 23.9 Å². The van der Waals surface area contributed by atoms with Crippen molar-refractivity contribution in [2.75, 3.05) is 0 Å². The molecule has 1 amide bonds. The van der Waals surface area contributed by atoms with E-state index in [-0.39, 0.29) is 11.9 Å². The number of rotatable bonds is 5. The quantitative estimate of drug-likeness (QED) is 0.638. The second-order valence-electron chi connectivity index (χ2n) is 7.42. The van der Waals surface area contributed by atoms with E-state index < -0.39 is 5.54 Å². The van der Waals surface area contributed by atoms with Crippen LogP contribution in [0.2, 0.25) is 0 Å². The lowest BCUT2D eigenvalue weighted by Gasteiger charge is -2.30. The SMILES string of the molecule is CC1CC2C(=CC1NC(=O)C(C)(C)NSc1ccccc1)C2C. The van der Waals surface area contributed by atoms with Gasteiger partial charge in [0, 0.05) is 4.90 Å². The molecule has 2 aliphatic carbocycles. The lowest BCUT2D eigenvalue weighted by atomic mass is 9.90. The molecule has 0 spiro atoms. The number of hydrogen-bond donors (Lipinski definition) is 2. The van der Waals surface area contributed by atoms with Crippen LogP contribution in [0, 0.1) is 17.8 Å². The van der Waals surface area contributed by atoms with Crippen LogP contribution in [0.25, 0.3) is 0 Å². The van der Waals surface area contributed by atoms with Gasteiger partial charge in [-0.15, -0.1) is 0 Å². The van der Waals surface area contributed by atoms with Crippen molar-refractivity contribution in [3.05, 3.63) is 42.0 Å². The van der Waals surface area contributed by atoms with Crippen molar-refractivity contribution in [1.82, 2.24) is 10.0 Å². The molecular formula is C19H26N2OS. The summed E-state index contributed by atoms with van der Waals surface area (Å²) >= 11 is 1.50. The Bertz CT molecular complexity index is 611. The molecule has 0 aromatic heterocycles. The summed E-state index contributed by atoms with van der Waals surface area (Å²) in [5.41, 5.74) is 0.919. The number of carbonyl (C=O) groups excluding carboxylic acids is 1. The number of hydrogen-bond acceptors (Lipinski definition) is 3. The molecule has 1 aromatic carbocycles. The minimum absolute atomic E-state index is 0.0568. The Labute approximate surface area is 143 Å². The lowest BCUT2D eigenvalue weighted by Crippen LogP contribution is -2.54. The third-order valence-corrected chi connectivity index (χ3v) is 6.21. The zero-order chi connectivity index (χ0) is 16.6. The molecule has 124 valence electrons. The van der Waals surface area contributed by atoms with Crippen molar-refractivity contribution in [3.63, 3.8) is 0 Å². The van der Waals surface area contributed by atoms with Crippen LogP contribution in [0.1, 0.15) is 34.1 Å². The third-order valence-electron chi connectivity index (χ3n) is 5.09. The fraction of sp³-hybridized carbons (Fsp3) is 0.526. The van der Waals surface area contributed by atoms with Crippen LogP contribution in [-0.4, -0.2) is 17.5 Å². The normalized spacial score (nSPS) is 29.5. The number of nitrogens with one attached hydrogen (secondary N) is 2. The van der Waals surface area contributed by atoms with Gasteiger partial charge in [0.05, 0.1) is 6.04 Å². The van der Waals surface area contributed by atoms with Gasteiger partial charge in [-0.25, -0.2) is 4.72 Å². The van der Waals surface area contributed by atoms with E-state index >= 15 is 0 Å². The molecule has 4 unspecified atom stereocenters. The molecule has 0 heterocycles. The first-order valence-corrected chi connectivity index (χ1v) is 9.22. The van der Waals surface area contributed by atoms with Gasteiger partial charge in [-0.1, -0.05) is 43.7 Å². The van der Waals surface area contributed by atoms with E-state index in [2.05, 4.69) is 30.0 Å². The highest BCUT2D eigenvalue weighted by Crippen LogP contribution is 2.52. The first kappa shape index (κ1) is 16.6. The van der Waals surface area contributed by atoms with Crippen molar-refractivity contribution >= 4 is 17.9 Å². The second kappa shape index (κ2) is 6.33. The first-order valence-electron chi connectivity index (χ1n) is 8.40. The van der Waals surface area contributed by atoms with Crippen LogP contribution in [0.3, 0.4) is 0 Å². The van der Waals surface area contributed by atoms with Gasteiger partial charge in [0.15, 0.2) is 0 Å². The van der Waals surface area contributed by atoms with Gasteiger partial charge in [0.1, 0.15) is 5.54 Å². The molecule has 4 atom stereocenters. The molecule has 3 nitrogen and oxygen atoms in total. The fourth-order valence-electron chi connectivity index (χ4n) is 3.27. The number of fused-ring (bicyclic) bond motifs is 1. The number of benzene rings is 1. The van der Waals surface area contributed by atoms with Gasteiger partial charge < -0.3 is 5.32 Å². The standard InChI is InChI=1S/C19H26N2OS/c1-12-10-15-13(2)16(15)11-17(12)20-18(22)19(3,4)21-23-14-8-6-5-7-9-14/h5-9,11-13,15,17,21H,10H2,1-4H3,(H,20,22). The van der Waals surface area contributed by atoms with E-state index in [9.17, 15) is 4.79 Å². The maximum absolute atomic E-state index is 12.7. The van der Waals surface area contributed by atoms with Gasteiger partial charge in [-0.05, 0) is 62.1 Å².